The molecule has 3 heteroatoms. The molecule has 0 amide bonds. The molecule has 2 nitrogen and oxygen atoms in total. The maximum Gasteiger partial charge on any atom is 0.133 e. The lowest BCUT2D eigenvalue weighted by atomic mass is 9.97. The van der Waals surface area contributed by atoms with E-state index in [0.717, 1.165) is 17.4 Å². The zero-order valence-electron chi connectivity index (χ0n) is 12.7. The fourth-order valence-electron chi connectivity index (χ4n) is 3.41. The van der Waals surface area contributed by atoms with E-state index in [1.807, 2.05) is 0 Å². The lowest BCUT2D eigenvalue weighted by Gasteiger charge is -2.37. The normalized spacial score (nSPS) is 19.1. The third-order valence-electron chi connectivity index (χ3n) is 4.45. The predicted octanol–water partition coefficient (Wildman–Crippen LogP) is 5.29. The highest BCUT2D eigenvalue weighted by atomic mass is 79.9. The molecule has 1 aliphatic heterocycles. The van der Waals surface area contributed by atoms with Crippen LogP contribution in [-0.4, -0.2) is 17.6 Å². The Balaban J connectivity index is 2.04. The number of anilines is 1. The number of nitrogens with zero attached hydrogens (tertiary/aromatic N) is 2. The number of fused-ring (bicyclic) bond motifs is 1. The quantitative estimate of drug-likeness (QED) is 0.699. The Morgan fingerprint density at radius 1 is 1.29 bits per heavy atom. The average molecular weight is 347 g/mol. The van der Waals surface area contributed by atoms with Gasteiger partial charge >= 0.3 is 0 Å². The molecule has 0 radical (unpaired) electrons. The van der Waals surface area contributed by atoms with Gasteiger partial charge in [-0.15, -0.1) is 0 Å². The highest BCUT2D eigenvalue weighted by molar-refractivity contribution is 9.08. The number of alkyl halides is 1. The fraction of sp³-hybridized carbons (Fsp3) is 0.500. The molecule has 1 fully saturated rings. The van der Waals surface area contributed by atoms with Gasteiger partial charge in [-0.3, -0.25) is 0 Å². The van der Waals surface area contributed by atoms with Gasteiger partial charge in [-0.2, -0.15) is 0 Å². The number of piperidine rings is 1. The van der Waals surface area contributed by atoms with Gasteiger partial charge in [0.1, 0.15) is 5.82 Å². The van der Waals surface area contributed by atoms with Crippen molar-refractivity contribution >= 4 is 32.7 Å². The largest absolute Gasteiger partial charge is 0.353 e. The average Bonchev–Trinajstić information content (AvgIpc) is 2.54. The van der Waals surface area contributed by atoms with E-state index < -0.39 is 0 Å². The van der Waals surface area contributed by atoms with E-state index in [1.165, 1.54) is 48.9 Å². The van der Waals surface area contributed by atoms with Gasteiger partial charge in [-0.05, 0) is 37.8 Å². The van der Waals surface area contributed by atoms with Crippen LogP contribution in [0.1, 0.15) is 44.6 Å². The summed E-state index contributed by atoms with van der Waals surface area (Å²) in [5, 5.41) is 2.11. The molecule has 2 heterocycles. The smallest absolute Gasteiger partial charge is 0.133 e. The van der Waals surface area contributed by atoms with Crippen molar-refractivity contribution in [3.8, 4) is 0 Å². The summed E-state index contributed by atoms with van der Waals surface area (Å²) in [5.74, 6) is 1.20. The molecule has 21 heavy (non-hydrogen) atoms. The summed E-state index contributed by atoms with van der Waals surface area (Å²) in [6, 6.07) is 11.4. The van der Waals surface area contributed by atoms with Gasteiger partial charge in [0.2, 0.25) is 0 Å². The van der Waals surface area contributed by atoms with Crippen molar-refractivity contribution in [1.29, 1.82) is 0 Å². The molecule has 2 aromatic rings. The lowest BCUT2D eigenvalue weighted by molar-refractivity contribution is 0.431. The van der Waals surface area contributed by atoms with Gasteiger partial charge < -0.3 is 4.90 Å². The first-order valence-electron chi connectivity index (χ1n) is 8.04. The number of hydrogen-bond donors (Lipinski definition) is 0. The van der Waals surface area contributed by atoms with Gasteiger partial charge in [-0.25, -0.2) is 4.98 Å². The lowest BCUT2D eigenvalue weighted by Crippen LogP contribution is -2.40. The minimum Gasteiger partial charge on any atom is -0.353 e. The highest BCUT2D eigenvalue weighted by Crippen LogP contribution is 2.31. The fourth-order valence-corrected chi connectivity index (χ4v) is 3.82. The van der Waals surface area contributed by atoms with Crippen molar-refractivity contribution in [3.63, 3.8) is 0 Å². The van der Waals surface area contributed by atoms with E-state index in [9.17, 15) is 0 Å². The maximum atomic E-state index is 5.00. The van der Waals surface area contributed by atoms with Crippen LogP contribution in [0.15, 0.2) is 30.3 Å². The van der Waals surface area contributed by atoms with Crippen LogP contribution in [0, 0.1) is 0 Å². The minimum atomic E-state index is 0.662. The van der Waals surface area contributed by atoms with Crippen LogP contribution in [0.5, 0.6) is 0 Å². The van der Waals surface area contributed by atoms with Crippen molar-refractivity contribution in [2.75, 3.05) is 11.4 Å². The number of aromatic nitrogens is 1. The van der Waals surface area contributed by atoms with Crippen LogP contribution in [0.3, 0.4) is 0 Å². The number of para-hydroxylation sites is 1. The molecular weight excluding hydrogens is 324 g/mol. The molecule has 0 bridgehead atoms. The van der Waals surface area contributed by atoms with E-state index >= 15 is 0 Å². The third-order valence-corrected chi connectivity index (χ3v) is 5.05. The molecule has 1 aliphatic rings. The Morgan fingerprint density at radius 2 is 2.14 bits per heavy atom. The topological polar surface area (TPSA) is 16.1 Å². The molecule has 1 unspecified atom stereocenters. The summed E-state index contributed by atoms with van der Waals surface area (Å²) < 4.78 is 0. The zero-order valence-corrected chi connectivity index (χ0v) is 14.3. The summed E-state index contributed by atoms with van der Waals surface area (Å²) in [6.45, 7) is 3.43. The van der Waals surface area contributed by atoms with E-state index in [1.54, 1.807) is 0 Å². The number of pyridine rings is 1. The van der Waals surface area contributed by atoms with Gasteiger partial charge in [0, 0.05) is 28.9 Å². The molecular formula is C18H23BrN2. The van der Waals surface area contributed by atoms with Crippen LogP contribution in [0.25, 0.3) is 10.9 Å². The molecule has 3 rings (SSSR count). The van der Waals surface area contributed by atoms with Crippen LogP contribution in [0.4, 0.5) is 5.82 Å². The number of hydrogen-bond acceptors (Lipinski definition) is 2. The Labute approximate surface area is 135 Å². The highest BCUT2D eigenvalue weighted by Gasteiger charge is 2.24. The molecule has 1 saturated heterocycles. The second-order valence-corrected chi connectivity index (χ2v) is 6.49. The van der Waals surface area contributed by atoms with Crippen LogP contribution in [0.2, 0.25) is 0 Å². The molecule has 0 spiro atoms. The predicted molar refractivity (Wildman–Crippen MR) is 94.3 cm³/mol. The van der Waals surface area contributed by atoms with Crippen molar-refractivity contribution in [2.24, 2.45) is 0 Å². The van der Waals surface area contributed by atoms with E-state index in [2.05, 4.69) is 58.1 Å². The van der Waals surface area contributed by atoms with E-state index in [-0.39, 0.29) is 0 Å². The van der Waals surface area contributed by atoms with Crippen molar-refractivity contribution in [3.05, 3.63) is 35.9 Å². The summed E-state index contributed by atoms with van der Waals surface area (Å²) >= 11 is 3.65. The first kappa shape index (κ1) is 14.8. The zero-order chi connectivity index (χ0) is 14.7. The standard InChI is InChI=1S/C18H23BrN2/c1-2-7-16-9-5-6-11-21(16)18-15(13-19)12-14-8-3-4-10-17(14)20-18/h3-4,8,10,12,16H,2,5-7,9,11,13H2,1H3. The van der Waals surface area contributed by atoms with Crippen molar-refractivity contribution in [2.45, 2.75) is 50.4 Å². The third kappa shape index (κ3) is 3.08. The monoisotopic (exact) mass is 346 g/mol. The summed E-state index contributed by atoms with van der Waals surface area (Å²) in [7, 11) is 0. The Kier molecular flexibility index (Phi) is 4.79. The van der Waals surface area contributed by atoms with Gasteiger partial charge in [0.25, 0.3) is 0 Å². The van der Waals surface area contributed by atoms with Crippen LogP contribution < -0.4 is 4.90 Å². The van der Waals surface area contributed by atoms with Gasteiger partial charge in [-0.1, -0.05) is 47.5 Å². The first-order valence-corrected chi connectivity index (χ1v) is 9.17. The number of benzene rings is 1. The molecule has 1 aromatic carbocycles. The summed E-state index contributed by atoms with van der Waals surface area (Å²) in [6.07, 6.45) is 6.48. The number of halogens is 1. The Bertz CT molecular complexity index is 609. The van der Waals surface area contributed by atoms with Gasteiger partial charge in [0.15, 0.2) is 0 Å². The number of rotatable bonds is 4. The summed E-state index contributed by atoms with van der Waals surface area (Å²) in [4.78, 5) is 7.56. The van der Waals surface area contributed by atoms with E-state index in [0.29, 0.717) is 6.04 Å². The summed E-state index contributed by atoms with van der Waals surface area (Å²) in [5.41, 5.74) is 2.43. The second kappa shape index (κ2) is 6.78. The molecule has 0 saturated carbocycles. The minimum absolute atomic E-state index is 0.662. The maximum absolute atomic E-state index is 5.00. The second-order valence-electron chi connectivity index (χ2n) is 5.93. The molecule has 0 N–H and O–H groups in total. The SMILES string of the molecule is CCCC1CCCCN1c1nc2ccccc2cc1CBr. The van der Waals surface area contributed by atoms with Crippen molar-refractivity contribution < 1.29 is 0 Å². The Hall–Kier alpha value is -1.09. The molecule has 1 aromatic heterocycles. The first-order chi connectivity index (χ1) is 10.3. The molecule has 112 valence electrons. The molecule has 0 aliphatic carbocycles. The van der Waals surface area contributed by atoms with E-state index in [4.69, 9.17) is 4.98 Å². The van der Waals surface area contributed by atoms with Crippen molar-refractivity contribution in [1.82, 2.24) is 4.98 Å². The van der Waals surface area contributed by atoms with Gasteiger partial charge in [0.05, 0.1) is 5.52 Å². The molecule has 1 atom stereocenters. The van der Waals surface area contributed by atoms with Crippen LogP contribution >= 0.6 is 15.9 Å². The Morgan fingerprint density at radius 3 is 2.95 bits per heavy atom. The van der Waals surface area contributed by atoms with Crippen LogP contribution in [-0.2, 0) is 5.33 Å².